The first kappa shape index (κ1) is 14.3. The van der Waals surface area contributed by atoms with Crippen LogP contribution in [-0.2, 0) is 0 Å². The summed E-state index contributed by atoms with van der Waals surface area (Å²) in [5.41, 5.74) is 0. The number of hydrogen-bond acceptors (Lipinski definition) is 3. The first-order chi connectivity index (χ1) is 8.78. The Balaban J connectivity index is 1.91. The van der Waals surface area contributed by atoms with Crippen LogP contribution < -0.4 is 5.32 Å². The molecule has 0 aromatic carbocycles. The molecular weight excluding hydrogens is 224 g/mol. The van der Waals surface area contributed by atoms with Gasteiger partial charge in [0.05, 0.1) is 6.61 Å². The number of nitrogens with one attached hydrogen (secondary N) is 1. The van der Waals surface area contributed by atoms with Gasteiger partial charge in [-0.3, -0.25) is 4.90 Å². The first-order valence-corrected chi connectivity index (χ1v) is 7.80. The van der Waals surface area contributed by atoms with Crippen LogP contribution in [0.15, 0.2) is 0 Å². The van der Waals surface area contributed by atoms with Crippen LogP contribution in [0.4, 0.5) is 0 Å². The molecule has 0 aromatic rings. The lowest BCUT2D eigenvalue weighted by molar-refractivity contribution is 0.105. The van der Waals surface area contributed by atoms with E-state index >= 15 is 0 Å². The summed E-state index contributed by atoms with van der Waals surface area (Å²) >= 11 is 0. The van der Waals surface area contributed by atoms with Crippen LogP contribution in [0.3, 0.4) is 0 Å². The topological polar surface area (TPSA) is 35.5 Å². The van der Waals surface area contributed by atoms with Crippen molar-refractivity contribution in [2.45, 2.75) is 57.5 Å². The summed E-state index contributed by atoms with van der Waals surface area (Å²) in [6.45, 7) is 5.05. The molecule has 3 heteroatoms. The smallest absolute Gasteiger partial charge is 0.0586 e. The van der Waals surface area contributed by atoms with Crippen molar-refractivity contribution >= 4 is 0 Å². The van der Waals surface area contributed by atoms with Gasteiger partial charge >= 0.3 is 0 Å². The number of aliphatic hydroxyl groups is 1. The van der Waals surface area contributed by atoms with Gasteiger partial charge in [-0.25, -0.2) is 0 Å². The van der Waals surface area contributed by atoms with Gasteiger partial charge in [0.1, 0.15) is 0 Å². The van der Waals surface area contributed by atoms with Gasteiger partial charge in [-0.2, -0.15) is 0 Å². The van der Waals surface area contributed by atoms with Crippen molar-refractivity contribution in [3.8, 4) is 0 Å². The zero-order chi connectivity index (χ0) is 13.0. The van der Waals surface area contributed by atoms with Gasteiger partial charge in [0.2, 0.25) is 0 Å². The number of nitrogens with zero attached hydrogens (tertiary/aromatic N) is 1. The van der Waals surface area contributed by atoms with E-state index in [2.05, 4.69) is 24.2 Å². The fraction of sp³-hybridized carbons (Fsp3) is 1.00. The fourth-order valence-corrected chi connectivity index (χ4v) is 3.96. The summed E-state index contributed by atoms with van der Waals surface area (Å²) in [7, 11) is 2.11. The molecule has 18 heavy (non-hydrogen) atoms. The summed E-state index contributed by atoms with van der Waals surface area (Å²) in [6.07, 6.45) is 7.87. The third-order valence-electron chi connectivity index (χ3n) is 5.22. The molecule has 0 aromatic heterocycles. The number of rotatable bonds is 5. The molecule has 1 aliphatic heterocycles. The van der Waals surface area contributed by atoms with E-state index in [1.807, 2.05) is 0 Å². The quantitative estimate of drug-likeness (QED) is 0.786. The van der Waals surface area contributed by atoms with Gasteiger partial charge in [-0.1, -0.05) is 13.3 Å². The molecule has 2 N–H and O–H groups in total. The molecule has 4 atom stereocenters. The van der Waals surface area contributed by atoms with Gasteiger partial charge < -0.3 is 10.4 Å². The lowest BCUT2D eigenvalue weighted by atomic mass is 9.76. The third kappa shape index (κ3) is 3.25. The standard InChI is InChI=1S/C15H30N2O/c1-3-12-6-7-15(16-2)13(9-12)10-17-8-4-5-14(17)11-18/h12-16,18H,3-11H2,1-2H3. The Hall–Kier alpha value is -0.120. The summed E-state index contributed by atoms with van der Waals surface area (Å²) in [6, 6.07) is 1.12. The van der Waals surface area contributed by atoms with E-state index in [4.69, 9.17) is 0 Å². The molecule has 1 aliphatic carbocycles. The molecule has 0 radical (unpaired) electrons. The minimum atomic E-state index is 0.341. The zero-order valence-corrected chi connectivity index (χ0v) is 12.1. The number of likely N-dealkylation sites (tertiary alicyclic amines) is 1. The molecule has 0 bridgehead atoms. The van der Waals surface area contributed by atoms with Crippen LogP contribution in [0.1, 0.15) is 45.4 Å². The van der Waals surface area contributed by atoms with Crippen molar-refractivity contribution in [1.82, 2.24) is 10.2 Å². The number of aliphatic hydroxyl groups excluding tert-OH is 1. The molecule has 0 amide bonds. The van der Waals surface area contributed by atoms with E-state index in [9.17, 15) is 5.11 Å². The first-order valence-electron chi connectivity index (χ1n) is 7.80. The summed E-state index contributed by atoms with van der Waals surface area (Å²) in [4.78, 5) is 2.53. The van der Waals surface area contributed by atoms with Crippen molar-refractivity contribution in [3.05, 3.63) is 0 Å². The van der Waals surface area contributed by atoms with E-state index in [0.29, 0.717) is 18.7 Å². The molecule has 2 rings (SSSR count). The molecule has 1 saturated heterocycles. The summed E-state index contributed by atoms with van der Waals surface area (Å²) in [5, 5.41) is 12.9. The Morgan fingerprint density at radius 3 is 2.78 bits per heavy atom. The Bertz CT molecular complexity index is 247. The molecule has 1 heterocycles. The molecule has 4 unspecified atom stereocenters. The number of hydrogen-bond donors (Lipinski definition) is 2. The highest BCUT2D eigenvalue weighted by Gasteiger charge is 2.33. The van der Waals surface area contributed by atoms with E-state index in [0.717, 1.165) is 11.8 Å². The Morgan fingerprint density at radius 1 is 1.28 bits per heavy atom. The third-order valence-corrected chi connectivity index (χ3v) is 5.22. The second-order valence-electron chi connectivity index (χ2n) is 6.22. The molecule has 1 saturated carbocycles. The van der Waals surface area contributed by atoms with Crippen molar-refractivity contribution in [3.63, 3.8) is 0 Å². The van der Waals surface area contributed by atoms with E-state index in [1.165, 1.54) is 51.6 Å². The molecule has 2 fully saturated rings. The minimum absolute atomic E-state index is 0.341. The van der Waals surface area contributed by atoms with Gasteiger partial charge in [0.25, 0.3) is 0 Å². The van der Waals surface area contributed by atoms with Gasteiger partial charge in [0, 0.05) is 18.6 Å². The average molecular weight is 254 g/mol. The van der Waals surface area contributed by atoms with Crippen LogP contribution in [-0.4, -0.2) is 48.8 Å². The van der Waals surface area contributed by atoms with Crippen LogP contribution >= 0.6 is 0 Å². The van der Waals surface area contributed by atoms with E-state index in [1.54, 1.807) is 0 Å². The van der Waals surface area contributed by atoms with E-state index in [-0.39, 0.29) is 0 Å². The van der Waals surface area contributed by atoms with Crippen molar-refractivity contribution in [2.24, 2.45) is 11.8 Å². The highest BCUT2D eigenvalue weighted by atomic mass is 16.3. The zero-order valence-electron chi connectivity index (χ0n) is 12.1. The molecule has 106 valence electrons. The highest BCUT2D eigenvalue weighted by molar-refractivity contribution is 4.88. The maximum Gasteiger partial charge on any atom is 0.0586 e. The molecule has 3 nitrogen and oxygen atoms in total. The maximum absolute atomic E-state index is 9.43. The Labute approximate surface area is 112 Å². The minimum Gasteiger partial charge on any atom is -0.395 e. The van der Waals surface area contributed by atoms with Gasteiger partial charge in [-0.05, 0) is 57.5 Å². The predicted octanol–water partition coefficient (Wildman–Crippen LogP) is 1.86. The van der Waals surface area contributed by atoms with Gasteiger partial charge in [0.15, 0.2) is 0 Å². The Morgan fingerprint density at radius 2 is 2.11 bits per heavy atom. The predicted molar refractivity (Wildman–Crippen MR) is 75.7 cm³/mol. The summed E-state index contributed by atoms with van der Waals surface area (Å²) in [5.74, 6) is 1.70. The van der Waals surface area contributed by atoms with Crippen molar-refractivity contribution in [1.29, 1.82) is 0 Å². The molecule has 0 spiro atoms. The van der Waals surface area contributed by atoms with Gasteiger partial charge in [-0.15, -0.1) is 0 Å². The normalized spacial score (nSPS) is 38.2. The SMILES string of the molecule is CCC1CCC(NC)C(CN2CCCC2CO)C1. The second kappa shape index (κ2) is 6.88. The lowest BCUT2D eigenvalue weighted by Gasteiger charge is -2.39. The maximum atomic E-state index is 9.43. The fourth-order valence-electron chi connectivity index (χ4n) is 3.96. The van der Waals surface area contributed by atoms with Crippen LogP contribution in [0.2, 0.25) is 0 Å². The average Bonchev–Trinajstić information content (AvgIpc) is 2.86. The summed E-state index contributed by atoms with van der Waals surface area (Å²) < 4.78 is 0. The van der Waals surface area contributed by atoms with Crippen molar-refractivity contribution < 1.29 is 5.11 Å². The van der Waals surface area contributed by atoms with E-state index < -0.39 is 0 Å². The lowest BCUT2D eigenvalue weighted by Crippen LogP contribution is -2.46. The van der Waals surface area contributed by atoms with Crippen molar-refractivity contribution in [2.75, 3.05) is 26.7 Å². The molecule has 2 aliphatic rings. The highest BCUT2D eigenvalue weighted by Crippen LogP contribution is 2.33. The molecular formula is C15H30N2O. The van der Waals surface area contributed by atoms with Crippen LogP contribution in [0, 0.1) is 11.8 Å². The van der Waals surface area contributed by atoms with Crippen LogP contribution in [0.5, 0.6) is 0 Å². The Kier molecular flexibility index (Phi) is 5.46. The monoisotopic (exact) mass is 254 g/mol. The van der Waals surface area contributed by atoms with Crippen LogP contribution in [0.25, 0.3) is 0 Å². The largest absolute Gasteiger partial charge is 0.395 e. The second-order valence-corrected chi connectivity index (χ2v) is 6.22.